The molecule has 0 aliphatic heterocycles. The molecule has 0 fully saturated rings. The quantitative estimate of drug-likeness (QED) is 0.121. The molecule has 0 heterocycles. The number of hydrogen-bond acceptors (Lipinski definition) is 6. The highest BCUT2D eigenvalue weighted by Crippen LogP contribution is 2.28. The third-order valence-corrected chi connectivity index (χ3v) is 6.88. The molecule has 248 valence electrons. The Morgan fingerprint density at radius 2 is 1.23 bits per heavy atom. The fraction of sp³-hybridized carbons (Fsp3) is 0.222. The highest BCUT2D eigenvalue weighted by atomic mass is 19.4. The normalized spacial score (nSPS) is 12.1. The van der Waals surface area contributed by atoms with Crippen molar-refractivity contribution >= 4 is 33.4 Å². The summed E-state index contributed by atoms with van der Waals surface area (Å²) in [6.07, 6.45) is -3.17. The van der Waals surface area contributed by atoms with Gasteiger partial charge in [-0.2, -0.15) is 13.2 Å². The summed E-state index contributed by atoms with van der Waals surface area (Å²) in [7, 11) is 0. The Bertz CT molecular complexity index is 1640. The molecule has 0 aliphatic rings. The van der Waals surface area contributed by atoms with Crippen LogP contribution in [0.1, 0.15) is 18.4 Å². The lowest BCUT2D eigenvalue weighted by molar-refractivity contribution is -0.192. The molecule has 0 unspecified atom stereocenters. The molecule has 0 spiro atoms. The minimum Gasteiger partial charge on any atom is -0.475 e. The number of benzene rings is 5. The fourth-order valence-electron chi connectivity index (χ4n) is 4.44. The lowest BCUT2D eigenvalue weighted by Crippen LogP contribution is -2.47. The monoisotopic (exact) mass is 649 g/mol. The number of amides is 1. The number of aliphatic hydroxyl groups excluding tert-OH is 1. The molecule has 5 aromatic rings. The lowest BCUT2D eigenvalue weighted by atomic mass is 10.1. The maximum Gasteiger partial charge on any atom is 0.490 e. The molecule has 0 saturated heterocycles. The van der Waals surface area contributed by atoms with Gasteiger partial charge in [0.1, 0.15) is 11.5 Å². The minimum atomic E-state index is -5.08. The maximum atomic E-state index is 11.9. The van der Waals surface area contributed by atoms with E-state index in [4.69, 9.17) is 26.1 Å². The van der Waals surface area contributed by atoms with Gasteiger partial charge in [0.15, 0.2) is 0 Å². The van der Waals surface area contributed by atoms with Crippen molar-refractivity contribution in [2.24, 2.45) is 11.5 Å². The molecular formula is C36H38F3N3O5. The highest BCUT2D eigenvalue weighted by molar-refractivity contribution is 5.85. The zero-order valence-corrected chi connectivity index (χ0v) is 25.6. The first-order valence-corrected chi connectivity index (χ1v) is 14.9. The van der Waals surface area contributed by atoms with Crippen LogP contribution in [0.25, 0.3) is 21.5 Å². The molecule has 11 heteroatoms. The number of ether oxygens (including phenoxy) is 1. The van der Waals surface area contributed by atoms with Gasteiger partial charge in [-0.3, -0.25) is 4.79 Å². The van der Waals surface area contributed by atoms with E-state index in [9.17, 15) is 23.1 Å². The van der Waals surface area contributed by atoms with Crippen LogP contribution in [0.4, 0.5) is 13.2 Å². The van der Waals surface area contributed by atoms with Crippen LogP contribution in [0, 0.1) is 0 Å². The number of alkyl halides is 3. The van der Waals surface area contributed by atoms with Gasteiger partial charge in [-0.25, -0.2) is 4.79 Å². The van der Waals surface area contributed by atoms with E-state index in [2.05, 4.69) is 53.8 Å². The summed E-state index contributed by atoms with van der Waals surface area (Å²) in [5.74, 6) is -1.26. The minimum absolute atomic E-state index is 0.0935. The number of aliphatic carboxylic acids is 1. The van der Waals surface area contributed by atoms with Crippen molar-refractivity contribution in [2.45, 2.75) is 37.5 Å². The number of carbonyl (C=O) groups excluding carboxylic acids is 1. The van der Waals surface area contributed by atoms with Gasteiger partial charge in [-0.1, -0.05) is 91.0 Å². The van der Waals surface area contributed by atoms with Crippen molar-refractivity contribution < 1.29 is 37.7 Å². The number of carbonyl (C=O) groups is 2. The van der Waals surface area contributed by atoms with Crippen molar-refractivity contribution in [1.82, 2.24) is 5.32 Å². The number of carboxylic acid groups (broad SMARTS) is 1. The summed E-state index contributed by atoms with van der Waals surface area (Å²) in [6, 6.07) is 37.7. The number of rotatable bonds is 10. The first kappa shape index (κ1) is 36.5. The molecule has 0 aromatic heterocycles. The Morgan fingerprint density at radius 3 is 1.68 bits per heavy atom. The molecule has 1 amide bonds. The third kappa shape index (κ3) is 12.4. The smallest absolute Gasteiger partial charge is 0.475 e. The number of aliphatic hydroxyl groups is 1. The number of hydrogen-bond donors (Lipinski definition) is 5. The Morgan fingerprint density at radius 1 is 0.766 bits per heavy atom. The van der Waals surface area contributed by atoms with E-state index >= 15 is 0 Å². The average molecular weight is 650 g/mol. The molecule has 2 atom stereocenters. The zero-order valence-electron chi connectivity index (χ0n) is 25.6. The second-order valence-electron chi connectivity index (χ2n) is 10.5. The second-order valence-corrected chi connectivity index (χ2v) is 10.5. The molecular weight excluding hydrogens is 611 g/mol. The lowest BCUT2D eigenvalue weighted by Gasteiger charge is -2.19. The van der Waals surface area contributed by atoms with Crippen LogP contribution < -0.4 is 21.5 Å². The van der Waals surface area contributed by atoms with E-state index in [0.717, 1.165) is 23.5 Å². The molecule has 5 aromatic carbocycles. The van der Waals surface area contributed by atoms with Gasteiger partial charge in [0.2, 0.25) is 5.91 Å². The van der Waals surface area contributed by atoms with Gasteiger partial charge in [-0.05, 0) is 77.2 Å². The van der Waals surface area contributed by atoms with Crippen molar-refractivity contribution in [3.05, 3.63) is 121 Å². The Labute approximate surface area is 270 Å². The van der Waals surface area contributed by atoms with Gasteiger partial charge in [0.05, 0.1) is 18.7 Å². The van der Waals surface area contributed by atoms with Crippen LogP contribution in [-0.4, -0.2) is 53.5 Å². The predicted octanol–water partition coefficient (Wildman–Crippen LogP) is 6.19. The Kier molecular flexibility index (Phi) is 14.2. The summed E-state index contributed by atoms with van der Waals surface area (Å²) in [5, 5.41) is 23.9. The largest absolute Gasteiger partial charge is 0.490 e. The molecule has 7 N–H and O–H groups in total. The third-order valence-electron chi connectivity index (χ3n) is 6.88. The van der Waals surface area contributed by atoms with Crippen LogP contribution >= 0.6 is 0 Å². The van der Waals surface area contributed by atoms with Gasteiger partial charge in [0.25, 0.3) is 0 Å². The predicted molar refractivity (Wildman–Crippen MR) is 177 cm³/mol. The number of nitrogens with two attached hydrogens (primary N) is 2. The topological polar surface area (TPSA) is 148 Å². The van der Waals surface area contributed by atoms with E-state index in [1.807, 2.05) is 66.7 Å². The van der Waals surface area contributed by atoms with Gasteiger partial charge in [0, 0.05) is 0 Å². The van der Waals surface area contributed by atoms with Crippen LogP contribution in [0.2, 0.25) is 0 Å². The number of nitrogens with one attached hydrogen (secondary N) is 1. The SMILES string of the molecule is NCCC[C@@H](CO)NC(=O)[C@@H](N)Cc1ccccc1.O=C(O)C(F)(F)F.c1ccc2cc(Oc3ccc4ccccc4c3)ccc2c1. The summed E-state index contributed by atoms with van der Waals surface area (Å²) in [5.41, 5.74) is 12.3. The summed E-state index contributed by atoms with van der Waals surface area (Å²) in [6.45, 7) is 0.451. The van der Waals surface area contributed by atoms with Crippen molar-refractivity contribution in [1.29, 1.82) is 0 Å². The van der Waals surface area contributed by atoms with E-state index in [1.165, 1.54) is 21.5 Å². The number of halogens is 3. The molecule has 5 rings (SSSR count). The van der Waals surface area contributed by atoms with Crippen molar-refractivity contribution in [3.8, 4) is 11.5 Å². The molecule has 8 nitrogen and oxygen atoms in total. The fourth-order valence-corrected chi connectivity index (χ4v) is 4.44. The first-order chi connectivity index (χ1) is 22.5. The van der Waals surface area contributed by atoms with Crippen LogP contribution in [-0.2, 0) is 16.0 Å². The van der Waals surface area contributed by atoms with E-state index in [-0.39, 0.29) is 18.6 Å². The average Bonchev–Trinajstić information content (AvgIpc) is 3.07. The van der Waals surface area contributed by atoms with Crippen molar-refractivity contribution in [2.75, 3.05) is 13.2 Å². The second kappa shape index (κ2) is 18.2. The van der Waals surface area contributed by atoms with Crippen LogP contribution in [0.3, 0.4) is 0 Å². The highest BCUT2D eigenvalue weighted by Gasteiger charge is 2.38. The maximum absolute atomic E-state index is 11.9. The number of carboxylic acids is 1. The summed E-state index contributed by atoms with van der Waals surface area (Å²) < 4.78 is 37.7. The van der Waals surface area contributed by atoms with Gasteiger partial charge >= 0.3 is 12.1 Å². The molecule has 0 aliphatic carbocycles. The van der Waals surface area contributed by atoms with Crippen LogP contribution in [0.5, 0.6) is 11.5 Å². The van der Waals surface area contributed by atoms with Gasteiger partial charge in [-0.15, -0.1) is 0 Å². The van der Waals surface area contributed by atoms with E-state index in [1.54, 1.807) is 0 Å². The number of fused-ring (bicyclic) bond motifs is 2. The Hall–Kier alpha value is -4.97. The first-order valence-electron chi connectivity index (χ1n) is 14.9. The molecule has 0 bridgehead atoms. The van der Waals surface area contributed by atoms with Crippen molar-refractivity contribution in [3.63, 3.8) is 0 Å². The van der Waals surface area contributed by atoms with E-state index < -0.39 is 18.2 Å². The molecule has 0 radical (unpaired) electrons. The van der Waals surface area contributed by atoms with E-state index in [0.29, 0.717) is 19.4 Å². The van der Waals surface area contributed by atoms with Gasteiger partial charge < -0.3 is 31.7 Å². The summed E-state index contributed by atoms with van der Waals surface area (Å²) >= 11 is 0. The molecule has 47 heavy (non-hydrogen) atoms. The summed E-state index contributed by atoms with van der Waals surface area (Å²) in [4.78, 5) is 20.8. The zero-order chi connectivity index (χ0) is 34.2. The Balaban J connectivity index is 0.000000215. The van der Waals surface area contributed by atoms with Crippen LogP contribution in [0.15, 0.2) is 115 Å². The molecule has 0 saturated carbocycles. The standard InChI is InChI=1S/C20H14O.C14H23N3O2.C2HF3O2/c1-3-7-17-13-19(11-9-15(17)5-1)21-20-12-10-16-6-2-4-8-18(16)14-20;15-8-4-7-12(10-18)17-14(19)13(16)9-11-5-2-1-3-6-11;3-2(4,5)1(6)7/h1-14H;1-3,5-6,12-13,18H,4,7-10,15-16H2,(H,17,19);(H,6,7)/t;12-,13-;/m.0./s1.